The molecule has 84 valence electrons. The molecule has 2 nitrogen and oxygen atoms in total. The van der Waals surface area contributed by atoms with Gasteiger partial charge in [-0.15, -0.1) is 0 Å². The number of hydrogen-bond donors (Lipinski definition) is 0. The van der Waals surface area contributed by atoms with Gasteiger partial charge < -0.3 is 0 Å². The average molecular weight is 215 g/mol. The van der Waals surface area contributed by atoms with Crippen molar-refractivity contribution < 1.29 is 4.79 Å². The fourth-order valence-corrected chi connectivity index (χ4v) is 2.18. The second-order valence-electron chi connectivity index (χ2n) is 4.35. The summed E-state index contributed by atoms with van der Waals surface area (Å²) in [6.07, 6.45) is 12.9. The summed E-state index contributed by atoms with van der Waals surface area (Å²) in [5.74, 6) is 0.559. The third-order valence-corrected chi connectivity index (χ3v) is 3.15. The summed E-state index contributed by atoms with van der Waals surface area (Å²) in [6.45, 7) is 0. The summed E-state index contributed by atoms with van der Waals surface area (Å²) in [5.41, 5.74) is 1.04. The lowest BCUT2D eigenvalue weighted by Gasteiger charge is -2.18. The van der Waals surface area contributed by atoms with Crippen molar-refractivity contribution in [2.75, 3.05) is 0 Å². The molecular formula is C14H17NO. The zero-order valence-corrected chi connectivity index (χ0v) is 9.43. The van der Waals surface area contributed by atoms with Crippen LogP contribution in [0.1, 0.15) is 37.7 Å². The van der Waals surface area contributed by atoms with Crippen LogP contribution in [0.15, 0.2) is 30.6 Å². The van der Waals surface area contributed by atoms with Gasteiger partial charge in [-0.05, 0) is 36.6 Å². The third kappa shape index (κ3) is 3.02. The lowest BCUT2D eigenvalue weighted by atomic mass is 9.86. The fourth-order valence-electron chi connectivity index (χ4n) is 2.18. The Bertz CT molecular complexity index is 364. The van der Waals surface area contributed by atoms with E-state index in [4.69, 9.17) is 0 Å². The minimum absolute atomic E-state index is 0.270. The van der Waals surface area contributed by atoms with Gasteiger partial charge in [0.1, 0.15) is 0 Å². The molecule has 1 saturated carbocycles. The Morgan fingerprint density at radius 1 is 1.19 bits per heavy atom. The quantitative estimate of drug-likeness (QED) is 0.724. The number of aromatic nitrogens is 1. The Morgan fingerprint density at radius 3 is 2.56 bits per heavy atom. The first-order valence-corrected chi connectivity index (χ1v) is 5.98. The highest BCUT2D eigenvalue weighted by Gasteiger charge is 2.18. The lowest BCUT2D eigenvalue weighted by molar-refractivity contribution is -0.119. The van der Waals surface area contributed by atoms with Crippen LogP contribution in [0.25, 0.3) is 6.08 Å². The fraction of sp³-hybridized carbons (Fsp3) is 0.429. The number of allylic oxidation sites excluding steroid dienone is 1. The van der Waals surface area contributed by atoms with Crippen molar-refractivity contribution in [3.05, 3.63) is 36.2 Å². The van der Waals surface area contributed by atoms with Gasteiger partial charge in [0.2, 0.25) is 0 Å². The zero-order valence-electron chi connectivity index (χ0n) is 9.43. The molecule has 1 fully saturated rings. The van der Waals surface area contributed by atoms with Crippen LogP contribution >= 0.6 is 0 Å². The first-order valence-electron chi connectivity index (χ1n) is 5.98. The van der Waals surface area contributed by atoms with Crippen molar-refractivity contribution in [3.8, 4) is 0 Å². The molecule has 0 unspecified atom stereocenters. The van der Waals surface area contributed by atoms with Gasteiger partial charge in [-0.1, -0.05) is 25.3 Å². The van der Waals surface area contributed by atoms with E-state index in [1.54, 1.807) is 18.5 Å². The molecule has 1 aromatic rings. The molecule has 1 aliphatic rings. The first kappa shape index (κ1) is 11.1. The van der Waals surface area contributed by atoms with E-state index >= 15 is 0 Å². The smallest absolute Gasteiger partial charge is 0.158 e. The minimum atomic E-state index is 0.270. The minimum Gasteiger partial charge on any atom is -0.295 e. The monoisotopic (exact) mass is 215 g/mol. The second kappa shape index (κ2) is 5.59. The van der Waals surface area contributed by atoms with Crippen LogP contribution < -0.4 is 0 Å². The molecule has 1 aliphatic carbocycles. The van der Waals surface area contributed by atoms with E-state index in [0.717, 1.165) is 18.4 Å². The predicted molar refractivity (Wildman–Crippen MR) is 64.9 cm³/mol. The molecule has 1 aromatic heterocycles. The van der Waals surface area contributed by atoms with Gasteiger partial charge in [-0.2, -0.15) is 0 Å². The average Bonchev–Trinajstić information content (AvgIpc) is 2.38. The highest BCUT2D eigenvalue weighted by molar-refractivity contribution is 5.95. The summed E-state index contributed by atoms with van der Waals surface area (Å²) < 4.78 is 0. The molecule has 1 heterocycles. The molecule has 0 aromatic carbocycles. The van der Waals surface area contributed by atoms with Crippen molar-refractivity contribution in [1.82, 2.24) is 4.98 Å². The Balaban J connectivity index is 1.93. The Labute approximate surface area is 96.4 Å². The van der Waals surface area contributed by atoms with E-state index in [9.17, 15) is 4.79 Å². The number of rotatable bonds is 3. The van der Waals surface area contributed by atoms with Crippen molar-refractivity contribution in [1.29, 1.82) is 0 Å². The molecule has 0 spiro atoms. The van der Waals surface area contributed by atoms with Gasteiger partial charge in [-0.25, -0.2) is 0 Å². The molecule has 0 amide bonds. The van der Waals surface area contributed by atoms with E-state index in [2.05, 4.69) is 4.98 Å². The lowest BCUT2D eigenvalue weighted by Crippen LogP contribution is -2.15. The molecule has 0 N–H and O–H groups in total. The van der Waals surface area contributed by atoms with Crippen LogP contribution in [0.2, 0.25) is 0 Å². The van der Waals surface area contributed by atoms with Crippen LogP contribution in [0.5, 0.6) is 0 Å². The van der Waals surface area contributed by atoms with Gasteiger partial charge in [-0.3, -0.25) is 9.78 Å². The Kier molecular flexibility index (Phi) is 3.86. The van der Waals surface area contributed by atoms with Gasteiger partial charge in [0.25, 0.3) is 0 Å². The molecule has 2 heteroatoms. The SMILES string of the molecule is O=C(/C=C/c1ccncc1)C1CCCCC1. The number of carbonyl (C=O) groups excluding carboxylic acids is 1. The number of nitrogens with zero attached hydrogens (tertiary/aromatic N) is 1. The van der Waals surface area contributed by atoms with Crippen molar-refractivity contribution in [3.63, 3.8) is 0 Å². The summed E-state index contributed by atoms with van der Waals surface area (Å²) in [7, 11) is 0. The topological polar surface area (TPSA) is 30.0 Å². The van der Waals surface area contributed by atoms with Gasteiger partial charge in [0.05, 0.1) is 0 Å². The molecule has 0 saturated heterocycles. The molecule has 16 heavy (non-hydrogen) atoms. The maximum Gasteiger partial charge on any atom is 0.158 e. The molecular weight excluding hydrogens is 198 g/mol. The van der Waals surface area contributed by atoms with Gasteiger partial charge in [0, 0.05) is 18.3 Å². The van der Waals surface area contributed by atoms with E-state index in [-0.39, 0.29) is 11.7 Å². The maximum absolute atomic E-state index is 11.9. The van der Waals surface area contributed by atoms with Crippen molar-refractivity contribution in [2.45, 2.75) is 32.1 Å². The number of ketones is 1. The van der Waals surface area contributed by atoms with Crippen LogP contribution in [0, 0.1) is 5.92 Å². The largest absolute Gasteiger partial charge is 0.295 e. The van der Waals surface area contributed by atoms with E-state index in [1.165, 1.54) is 19.3 Å². The normalized spacial score (nSPS) is 17.8. The predicted octanol–water partition coefficient (Wildman–Crippen LogP) is 3.24. The summed E-state index contributed by atoms with van der Waals surface area (Å²) in [6, 6.07) is 3.81. The summed E-state index contributed by atoms with van der Waals surface area (Å²) in [4.78, 5) is 15.8. The highest BCUT2D eigenvalue weighted by atomic mass is 16.1. The molecule has 0 aliphatic heterocycles. The van der Waals surface area contributed by atoms with Crippen LogP contribution in [0.4, 0.5) is 0 Å². The summed E-state index contributed by atoms with van der Waals surface area (Å²) >= 11 is 0. The maximum atomic E-state index is 11.9. The summed E-state index contributed by atoms with van der Waals surface area (Å²) in [5, 5.41) is 0. The Morgan fingerprint density at radius 2 is 1.88 bits per heavy atom. The van der Waals surface area contributed by atoms with Crippen molar-refractivity contribution in [2.24, 2.45) is 5.92 Å². The van der Waals surface area contributed by atoms with E-state index in [1.807, 2.05) is 18.2 Å². The number of carbonyl (C=O) groups is 1. The third-order valence-electron chi connectivity index (χ3n) is 3.15. The molecule has 0 atom stereocenters. The first-order chi connectivity index (χ1) is 7.86. The zero-order chi connectivity index (χ0) is 11.2. The Hall–Kier alpha value is -1.44. The van der Waals surface area contributed by atoms with Crippen molar-refractivity contribution >= 4 is 11.9 Å². The van der Waals surface area contributed by atoms with Crippen LogP contribution in [0.3, 0.4) is 0 Å². The standard InChI is InChI=1S/C14H17NO/c16-14(13-4-2-1-3-5-13)7-6-12-8-10-15-11-9-12/h6-11,13H,1-5H2/b7-6+. The van der Waals surface area contributed by atoms with Crippen LogP contribution in [-0.2, 0) is 4.79 Å². The number of pyridine rings is 1. The van der Waals surface area contributed by atoms with E-state index < -0.39 is 0 Å². The molecule has 0 radical (unpaired) electrons. The van der Waals surface area contributed by atoms with Gasteiger partial charge >= 0.3 is 0 Å². The highest BCUT2D eigenvalue weighted by Crippen LogP contribution is 2.24. The second-order valence-corrected chi connectivity index (χ2v) is 4.35. The molecule has 2 rings (SSSR count). The van der Waals surface area contributed by atoms with E-state index in [0.29, 0.717) is 0 Å². The molecule has 0 bridgehead atoms. The number of hydrogen-bond acceptors (Lipinski definition) is 2. The van der Waals surface area contributed by atoms with Gasteiger partial charge in [0.15, 0.2) is 5.78 Å². The van der Waals surface area contributed by atoms with Crippen LogP contribution in [-0.4, -0.2) is 10.8 Å².